The molecule has 0 heterocycles. The van der Waals surface area contributed by atoms with Crippen molar-refractivity contribution in [2.24, 2.45) is 11.1 Å². The van der Waals surface area contributed by atoms with Crippen LogP contribution in [0.5, 0.6) is 0 Å². The predicted molar refractivity (Wildman–Crippen MR) is 66.5 cm³/mol. The normalized spacial score (nSPS) is 16.0. The summed E-state index contributed by atoms with van der Waals surface area (Å²) in [7, 11) is 0. The Bertz CT molecular complexity index is 262. The van der Waals surface area contributed by atoms with Crippen molar-refractivity contribution in [3.05, 3.63) is 0 Å². The van der Waals surface area contributed by atoms with Gasteiger partial charge < -0.3 is 16.2 Å². The zero-order valence-corrected chi connectivity index (χ0v) is 11.0. The van der Waals surface area contributed by atoms with Gasteiger partial charge in [-0.15, -0.1) is 0 Å². The molecular weight excluding hydrogens is 220 g/mol. The number of hydrogen-bond acceptors (Lipinski definition) is 3. The Morgan fingerprint density at radius 2 is 2.00 bits per heavy atom. The van der Waals surface area contributed by atoms with E-state index in [0.717, 1.165) is 12.8 Å². The molecule has 0 aromatic carbocycles. The molecule has 1 amide bonds. The largest absolute Gasteiger partial charge is 0.480 e. The monoisotopic (exact) mass is 244 g/mol. The van der Waals surface area contributed by atoms with Gasteiger partial charge in [-0.3, -0.25) is 4.79 Å². The second-order valence-electron chi connectivity index (χ2n) is 4.62. The number of carbonyl (C=O) groups excluding carboxylic acids is 1. The molecule has 0 aliphatic rings. The zero-order chi connectivity index (χ0) is 13.5. The summed E-state index contributed by atoms with van der Waals surface area (Å²) in [6.45, 7) is 5.82. The summed E-state index contributed by atoms with van der Waals surface area (Å²) in [6.07, 6.45) is 2.74. The third kappa shape index (κ3) is 4.73. The average molecular weight is 244 g/mol. The summed E-state index contributed by atoms with van der Waals surface area (Å²) in [4.78, 5) is 22.9. The van der Waals surface area contributed by atoms with Crippen LogP contribution in [0.1, 0.15) is 46.5 Å². The van der Waals surface area contributed by atoms with Crippen molar-refractivity contribution in [2.45, 2.75) is 52.5 Å². The van der Waals surface area contributed by atoms with E-state index in [9.17, 15) is 9.59 Å². The maximum Gasteiger partial charge on any atom is 0.326 e. The van der Waals surface area contributed by atoms with Gasteiger partial charge in [0.05, 0.1) is 5.41 Å². The third-order valence-corrected chi connectivity index (χ3v) is 3.23. The lowest BCUT2D eigenvalue weighted by atomic mass is 9.86. The van der Waals surface area contributed by atoms with Crippen LogP contribution in [-0.4, -0.2) is 29.6 Å². The molecule has 100 valence electrons. The van der Waals surface area contributed by atoms with E-state index in [2.05, 4.69) is 5.32 Å². The van der Waals surface area contributed by atoms with E-state index in [1.54, 1.807) is 6.92 Å². The van der Waals surface area contributed by atoms with Crippen molar-refractivity contribution in [3.63, 3.8) is 0 Å². The maximum atomic E-state index is 12.0. The molecule has 4 N–H and O–H groups in total. The van der Waals surface area contributed by atoms with Gasteiger partial charge in [-0.2, -0.15) is 0 Å². The molecule has 0 aromatic rings. The second kappa shape index (κ2) is 7.27. The highest BCUT2D eigenvalue weighted by molar-refractivity contribution is 5.87. The van der Waals surface area contributed by atoms with Gasteiger partial charge in [0.25, 0.3) is 0 Å². The van der Waals surface area contributed by atoms with Crippen LogP contribution >= 0.6 is 0 Å². The first-order chi connectivity index (χ1) is 7.91. The first-order valence-electron chi connectivity index (χ1n) is 6.15. The smallest absolute Gasteiger partial charge is 0.326 e. The summed E-state index contributed by atoms with van der Waals surface area (Å²) in [6, 6.07) is -0.806. The molecule has 0 saturated carbocycles. The molecule has 0 radical (unpaired) electrons. The highest BCUT2D eigenvalue weighted by Crippen LogP contribution is 2.19. The molecule has 0 aliphatic heterocycles. The maximum absolute atomic E-state index is 12.0. The molecule has 5 heteroatoms. The molecule has 0 fully saturated rings. The molecule has 17 heavy (non-hydrogen) atoms. The number of carbonyl (C=O) groups is 2. The number of amides is 1. The van der Waals surface area contributed by atoms with Crippen molar-refractivity contribution >= 4 is 11.9 Å². The van der Waals surface area contributed by atoms with Crippen molar-refractivity contribution < 1.29 is 14.7 Å². The summed E-state index contributed by atoms with van der Waals surface area (Å²) in [5, 5.41) is 11.6. The van der Waals surface area contributed by atoms with Crippen LogP contribution in [-0.2, 0) is 9.59 Å². The Morgan fingerprint density at radius 3 is 2.35 bits per heavy atom. The fourth-order valence-corrected chi connectivity index (χ4v) is 1.40. The number of carboxylic acids is 1. The third-order valence-electron chi connectivity index (χ3n) is 3.23. The van der Waals surface area contributed by atoms with E-state index < -0.39 is 17.4 Å². The van der Waals surface area contributed by atoms with E-state index in [0.29, 0.717) is 12.8 Å². The van der Waals surface area contributed by atoms with Crippen LogP contribution in [0.2, 0.25) is 0 Å². The summed E-state index contributed by atoms with van der Waals surface area (Å²) >= 11 is 0. The van der Waals surface area contributed by atoms with Crippen molar-refractivity contribution in [3.8, 4) is 0 Å². The number of hydrogen-bond donors (Lipinski definition) is 3. The number of nitrogens with one attached hydrogen (secondary N) is 1. The van der Waals surface area contributed by atoms with Crippen molar-refractivity contribution in [2.75, 3.05) is 6.54 Å². The fraction of sp³-hybridized carbons (Fsp3) is 0.833. The lowest BCUT2D eigenvalue weighted by Crippen LogP contribution is -2.49. The SMILES string of the molecule is CCCC[C@H](NC(=O)C(C)(CC)CN)C(=O)O. The number of unbranched alkanes of at least 4 members (excludes halogenated alkanes) is 1. The van der Waals surface area contributed by atoms with E-state index in [-0.39, 0.29) is 12.5 Å². The van der Waals surface area contributed by atoms with Crippen molar-refractivity contribution in [1.82, 2.24) is 5.32 Å². The lowest BCUT2D eigenvalue weighted by Gasteiger charge is -2.27. The van der Waals surface area contributed by atoms with Gasteiger partial charge >= 0.3 is 5.97 Å². The standard InChI is InChI=1S/C12H24N2O3/c1-4-6-7-9(10(15)16)14-11(17)12(3,5-2)8-13/h9H,4-8,13H2,1-3H3,(H,14,17)(H,15,16)/t9-,12?/m0/s1. The van der Waals surface area contributed by atoms with Crippen LogP contribution in [0.25, 0.3) is 0 Å². The molecule has 0 aromatic heterocycles. The molecule has 5 nitrogen and oxygen atoms in total. The van der Waals surface area contributed by atoms with Crippen LogP contribution in [0.3, 0.4) is 0 Å². The van der Waals surface area contributed by atoms with E-state index in [1.807, 2.05) is 13.8 Å². The molecule has 0 aliphatic carbocycles. The van der Waals surface area contributed by atoms with Crippen LogP contribution in [0.15, 0.2) is 0 Å². The highest BCUT2D eigenvalue weighted by Gasteiger charge is 2.32. The molecule has 1 unspecified atom stereocenters. The Hall–Kier alpha value is -1.10. The Kier molecular flexibility index (Phi) is 6.80. The van der Waals surface area contributed by atoms with Crippen LogP contribution in [0, 0.1) is 5.41 Å². The van der Waals surface area contributed by atoms with E-state index in [1.165, 1.54) is 0 Å². The Labute approximate surface area is 103 Å². The molecule has 0 bridgehead atoms. The molecule has 0 rings (SSSR count). The van der Waals surface area contributed by atoms with Gasteiger partial charge in [0.15, 0.2) is 0 Å². The minimum absolute atomic E-state index is 0.218. The van der Waals surface area contributed by atoms with Crippen molar-refractivity contribution in [1.29, 1.82) is 0 Å². The number of rotatable bonds is 8. The first-order valence-corrected chi connectivity index (χ1v) is 6.15. The summed E-state index contributed by atoms with van der Waals surface area (Å²) in [5.41, 5.74) is 4.88. The van der Waals surface area contributed by atoms with Gasteiger partial charge in [0.1, 0.15) is 6.04 Å². The van der Waals surface area contributed by atoms with Gasteiger partial charge in [-0.1, -0.05) is 26.7 Å². The lowest BCUT2D eigenvalue weighted by molar-refractivity contribution is -0.143. The quantitative estimate of drug-likeness (QED) is 0.596. The van der Waals surface area contributed by atoms with E-state index >= 15 is 0 Å². The average Bonchev–Trinajstić information content (AvgIpc) is 2.32. The van der Waals surface area contributed by atoms with Crippen LogP contribution in [0.4, 0.5) is 0 Å². The van der Waals surface area contributed by atoms with Gasteiger partial charge in [0, 0.05) is 6.54 Å². The van der Waals surface area contributed by atoms with Crippen LogP contribution < -0.4 is 11.1 Å². The molecule has 0 saturated heterocycles. The topological polar surface area (TPSA) is 92.4 Å². The van der Waals surface area contributed by atoms with E-state index in [4.69, 9.17) is 10.8 Å². The Balaban J connectivity index is 4.54. The second-order valence-corrected chi connectivity index (χ2v) is 4.62. The summed E-state index contributed by atoms with van der Waals surface area (Å²) < 4.78 is 0. The predicted octanol–water partition coefficient (Wildman–Crippen LogP) is 1.12. The molecular formula is C12H24N2O3. The van der Waals surface area contributed by atoms with Gasteiger partial charge in [0.2, 0.25) is 5.91 Å². The molecule has 0 spiro atoms. The fourth-order valence-electron chi connectivity index (χ4n) is 1.40. The number of nitrogens with two attached hydrogens (primary N) is 1. The highest BCUT2D eigenvalue weighted by atomic mass is 16.4. The number of carboxylic acid groups (broad SMARTS) is 1. The number of aliphatic carboxylic acids is 1. The zero-order valence-electron chi connectivity index (χ0n) is 11.0. The summed E-state index contributed by atoms with van der Waals surface area (Å²) in [5.74, 6) is -1.26. The van der Waals surface area contributed by atoms with Gasteiger partial charge in [-0.05, 0) is 19.8 Å². The van der Waals surface area contributed by atoms with Gasteiger partial charge in [-0.25, -0.2) is 4.79 Å². The first kappa shape index (κ1) is 15.9. The Morgan fingerprint density at radius 1 is 1.41 bits per heavy atom. The molecule has 2 atom stereocenters. The minimum Gasteiger partial charge on any atom is -0.480 e. The minimum atomic E-state index is -0.984.